The second-order valence-electron chi connectivity index (χ2n) is 4.57. The maximum atomic E-state index is 6.10. The average Bonchev–Trinajstić information content (AvgIpc) is 2.47. The summed E-state index contributed by atoms with van der Waals surface area (Å²) in [6.07, 6.45) is 0. The summed E-state index contributed by atoms with van der Waals surface area (Å²) in [4.78, 5) is 0. The van der Waals surface area contributed by atoms with Crippen LogP contribution in [0.1, 0.15) is 16.7 Å². The summed E-state index contributed by atoms with van der Waals surface area (Å²) in [6.45, 7) is 2.88. The van der Waals surface area contributed by atoms with Gasteiger partial charge in [-0.15, -0.1) is 0 Å². The largest absolute Gasteiger partial charge is 0.496 e. The quantitative estimate of drug-likeness (QED) is 0.913. The normalized spacial score (nSPS) is 10.4. The number of ether oxygens (including phenoxy) is 2. The number of nitrogens with two attached hydrogens (primary N) is 1. The predicted octanol–water partition coefficient (Wildman–Crippen LogP) is 3.69. The van der Waals surface area contributed by atoms with E-state index in [0.29, 0.717) is 23.9 Å². The minimum Gasteiger partial charge on any atom is -0.496 e. The van der Waals surface area contributed by atoms with Crippen LogP contribution in [0.25, 0.3) is 0 Å². The molecule has 0 saturated heterocycles. The predicted molar refractivity (Wildman–Crippen MR) is 81.4 cm³/mol. The molecule has 0 heterocycles. The van der Waals surface area contributed by atoms with Gasteiger partial charge in [0, 0.05) is 12.1 Å². The summed E-state index contributed by atoms with van der Waals surface area (Å²) in [5.74, 6) is 1.49. The van der Waals surface area contributed by atoms with E-state index in [4.69, 9.17) is 26.8 Å². The Morgan fingerprint density at radius 1 is 1.10 bits per heavy atom. The highest BCUT2D eigenvalue weighted by Crippen LogP contribution is 2.27. The van der Waals surface area contributed by atoms with E-state index in [2.05, 4.69) is 0 Å². The van der Waals surface area contributed by atoms with Crippen LogP contribution in [0.5, 0.6) is 11.5 Å². The highest BCUT2D eigenvalue weighted by atomic mass is 35.5. The highest BCUT2D eigenvalue weighted by molar-refractivity contribution is 6.32. The molecule has 2 aromatic carbocycles. The molecule has 0 bridgehead atoms. The van der Waals surface area contributed by atoms with Crippen molar-refractivity contribution in [2.45, 2.75) is 20.1 Å². The van der Waals surface area contributed by atoms with E-state index in [1.54, 1.807) is 7.11 Å². The molecular weight excluding hydrogens is 274 g/mol. The Morgan fingerprint density at radius 2 is 1.90 bits per heavy atom. The van der Waals surface area contributed by atoms with E-state index in [0.717, 1.165) is 22.4 Å². The Labute approximate surface area is 124 Å². The number of rotatable bonds is 5. The number of hydrogen-bond donors (Lipinski definition) is 1. The summed E-state index contributed by atoms with van der Waals surface area (Å²) >= 11 is 6.10. The van der Waals surface area contributed by atoms with Crippen LogP contribution in [0.4, 0.5) is 0 Å². The van der Waals surface area contributed by atoms with E-state index in [1.165, 1.54) is 0 Å². The third-order valence-corrected chi connectivity index (χ3v) is 3.36. The smallest absolute Gasteiger partial charge is 0.138 e. The second-order valence-corrected chi connectivity index (χ2v) is 4.98. The standard InChI is InChI=1S/C16H18ClNO2/c1-11-3-5-14(17)16(7-11)20-10-12-4-6-15(19-2)13(8-12)9-18/h3-8H,9-10,18H2,1-2H3. The summed E-state index contributed by atoms with van der Waals surface area (Å²) in [6, 6.07) is 11.6. The van der Waals surface area contributed by atoms with Gasteiger partial charge in [-0.25, -0.2) is 0 Å². The first-order chi connectivity index (χ1) is 9.63. The van der Waals surface area contributed by atoms with E-state index < -0.39 is 0 Å². The van der Waals surface area contributed by atoms with Crippen molar-refractivity contribution >= 4 is 11.6 Å². The number of aryl methyl sites for hydroxylation is 1. The first-order valence-corrected chi connectivity index (χ1v) is 6.76. The molecule has 106 valence electrons. The fraction of sp³-hybridized carbons (Fsp3) is 0.250. The first kappa shape index (κ1) is 14.7. The zero-order valence-corrected chi connectivity index (χ0v) is 12.4. The first-order valence-electron chi connectivity index (χ1n) is 6.39. The molecule has 0 unspecified atom stereocenters. The fourth-order valence-corrected chi connectivity index (χ4v) is 2.14. The lowest BCUT2D eigenvalue weighted by molar-refractivity contribution is 0.306. The van der Waals surface area contributed by atoms with Crippen molar-refractivity contribution in [2.24, 2.45) is 5.73 Å². The Hall–Kier alpha value is -1.71. The van der Waals surface area contributed by atoms with Crippen LogP contribution in [-0.2, 0) is 13.2 Å². The SMILES string of the molecule is COc1ccc(COc2cc(C)ccc2Cl)cc1CN. The molecule has 0 atom stereocenters. The molecule has 0 aliphatic carbocycles. The molecule has 2 rings (SSSR count). The Balaban J connectivity index is 2.12. The average molecular weight is 292 g/mol. The van der Waals surface area contributed by atoms with Crippen LogP contribution in [0.3, 0.4) is 0 Å². The molecule has 0 aromatic heterocycles. The van der Waals surface area contributed by atoms with Gasteiger partial charge in [0.15, 0.2) is 0 Å². The molecule has 2 N–H and O–H groups in total. The van der Waals surface area contributed by atoms with Crippen molar-refractivity contribution in [1.82, 2.24) is 0 Å². The van der Waals surface area contributed by atoms with Gasteiger partial charge in [0.2, 0.25) is 0 Å². The van der Waals surface area contributed by atoms with Gasteiger partial charge < -0.3 is 15.2 Å². The van der Waals surface area contributed by atoms with Gasteiger partial charge in [0.25, 0.3) is 0 Å². The molecule has 20 heavy (non-hydrogen) atoms. The monoisotopic (exact) mass is 291 g/mol. The van der Waals surface area contributed by atoms with Crippen molar-refractivity contribution in [3.8, 4) is 11.5 Å². The van der Waals surface area contributed by atoms with Gasteiger partial charge in [-0.1, -0.05) is 23.7 Å². The lowest BCUT2D eigenvalue weighted by atomic mass is 10.1. The Kier molecular flexibility index (Phi) is 4.88. The molecule has 4 heteroatoms. The lowest BCUT2D eigenvalue weighted by Crippen LogP contribution is -2.03. The number of benzene rings is 2. The van der Waals surface area contributed by atoms with Crippen LogP contribution >= 0.6 is 11.6 Å². The molecule has 0 saturated carbocycles. The third kappa shape index (κ3) is 3.44. The van der Waals surface area contributed by atoms with Crippen molar-refractivity contribution in [3.63, 3.8) is 0 Å². The summed E-state index contributed by atoms with van der Waals surface area (Å²) < 4.78 is 11.0. The highest BCUT2D eigenvalue weighted by Gasteiger charge is 2.05. The van der Waals surface area contributed by atoms with Gasteiger partial charge in [-0.3, -0.25) is 0 Å². The number of halogens is 1. The van der Waals surface area contributed by atoms with E-state index in [1.807, 2.05) is 43.3 Å². The lowest BCUT2D eigenvalue weighted by Gasteiger charge is -2.11. The van der Waals surface area contributed by atoms with Gasteiger partial charge in [-0.2, -0.15) is 0 Å². The summed E-state index contributed by atoms with van der Waals surface area (Å²) in [7, 11) is 1.64. The van der Waals surface area contributed by atoms with Crippen LogP contribution < -0.4 is 15.2 Å². The summed E-state index contributed by atoms with van der Waals surface area (Å²) in [5, 5.41) is 0.614. The molecule has 2 aromatic rings. The molecular formula is C16H18ClNO2. The zero-order valence-electron chi connectivity index (χ0n) is 11.7. The van der Waals surface area contributed by atoms with Crippen LogP contribution in [-0.4, -0.2) is 7.11 Å². The second kappa shape index (κ2) is 6.64. The van der Waals surface area contributed by atoms with Gasteiger partial charge >= 0.3 is 0 Å². The molecule has 0 spiro atoms. The Bertz CT molecular complexity index is 599. The van der Waals surface area contributed by atoms with Crippen molar-refractivity contribution in [2.75, 3.05) is 7.11 Å². The third-order valence-electron chi connectivity index (χ3n) is 3.05. The van der Waals surface area contributed by atoms with E-state index in [9.17, 15) is 0 Å². The van der Waals surface area contributed by atoms with Gasteiger partial charge in [0.05, 0.1) is 12.1 Å². The molecule has 0 aliphatic heterocycles. The molecule has 0 radical (unpaired) electrons. The topological polar surface area (TPSA) is 44.5 Å². The van der Waals surface area contributed by atoms with Crippen LogP contribution in [0.2, 0.25) is 5.02 Å². The van der Waals surface area contributed by atoms with E-state index in [-0.39, 0.29) is 0 Å². The Morgan fingerprint density at radius 3 is 2.60 bits per heavy atom. The number of methoxy groups -OCH3 is 1. The zero-order chi connectivity index (χ0) is 14.5. The maximum Gasteiger partial charge on any atom is 0.138 e. The van der Waals surface area contributed by atoms with Crippen LogP contribution in [0.15, 0.2) is 36.4 Å². The molecule has 0 fully saturated rings. The van der Waals surface area contributed by atoms with Crippen LogP contribution in [0, 0.1) is 6.92 Å². The molecule has 0 aliphatic rings. The summed E-state index contributed by atoms with van der Waals surface area (Å²) in [5.41, 5.74) is 8.81. The van der Waals surface area contributed by atoms with Crippen molar-refractivity contribution < 1.29 is 9.47 Å². The number of hydrogen-bond acceptors (Lipinski definition) is 3. The maximum absolute atomic E-state index is 6.10. The molecule has 0 amide bonds. The van der Waals surface area contributed by atoms with Crippen molar-refractivity contribution in [3.05, 3.63) is 58.1 Å². The minimum atomic E-state index is 0.433. The minimum absolute atomic E-state index is 0.433. The molecule has 3 nitrogen and oxygen atoms in total. The van der Waals surface area contributed by atoms with Gasteiger partial charge in [0.1, 0.15) is 18.1 Å². The van der Waals surface area contributed by atoms with Crippen molar-refractivity contribution in [1.29, 1.82) is 0 Å². The fourth-order valence-electron chi connectivity index (χ4n) is 1.96. The van der Waals surface area contributed by atoms with Gasteiger partial charge in [-0.05, 0) is 42.3 Å². The van der Waals surface area contributed by atoms with E-state index >= 15 is 0 Å².